The van der Waals surface area contributed by atoms with Crippen molar-refractivity contribution < 1.29 is 18.9 Å². The molecule has 0 spiro atoms. The van der Waals surface area contributed by atoms with E-state index in [1.165, 1.54) is 5.56 Å². The van der Waals surface area contributed by atoms with Crippen molar-refractivity contribution in [3.63, 3.8) is 0 Å². The molecule has 2 aromatic carbocycles. The summed E-state index contributed by atoms with van der Waals surface area (Å²) in [5.74, 6) is 2.90. The number of nitrogens with one attached hydrogen (secondary N) is 3. The third kappa shape index (κ3) is 9.90. The monoisotopic (exact) mass is 511 g/mol. The summed E-state index contributed by atoms with van der Waals surface area (Å²) in [5, 5.41) is 10.3. The van der Waals surface area contributed by atoms with Crippen LogP contribution in [0.5, 0.6) is 23.0 Å². The lowest BCUT2D eigenvalue weighted by atomic mass is 10.1. The molecule has 0 aliphatic heterocycles. The van der Waals surface area contributed by atoms with Crippen molar-refractivity contribution in [2.45, 2.75) is 13.1 Å². The minimum atomic E-state index is 0. The lowest BCUT2D eigenvalue weighted by Crippen LogP contribution is -2.32. The highest BCUT2D eigenvalue weighted by Gasteiger charge is 2.15. The van der Waals surface area contributed by atoms with Crippen LogP contribution in [0.1, 0.15) is 11.1 Å². The van der Waals surface area contributed by atoms with E-state index in [0.717, 1.165) is 44.0 Å². The van der Waals surface area contributed by atoms with Gasteiger partial charge in [0.05, 0.1) is 28.4 Å². The fourth-order valence-corrected chi connectivity index (χ4v) is 3.08. The molecule has 0 saturated heterocycles. The molecular formula is C22H36Cl3N3O4. The van der Waals surface area contributed by atoms with Gasteiger partial charge in [-0.15, -0.1) is 37.2 Å². The molecule has 3 N–H and O–H groups in total. The van der Waals surface area contributed by atoms with Crippen LogP contribution in [0.15, 0.2) is 36.4 Å². The molecule has 0 bridgehead atoms. The number of halogens is 3. The fraction of sp³-hybridized carbons (Fsp3) is 0.455. The van der Waals surface area contributed by atoms with Gasteiger partial charge in [-0.1, -0.05) is 24.3 Å². The lowest BCUT2D eigenvalue weighted by molar-refractivity contribution is 0.321. The van der Waals surface area contributed by atoms with Crippen LogP contribution in [0.3, 0.4) is 0 Å². The quantitative estimate of drug-likeness (QED) is 0.335. The number of methoxy groups -OCH3 is 4. The Morgan fingerprint density at radius 2 is 1.06 bits per heavy atom. The maximum atomic E-state index is 5.51. The Hall–Kier alpha value is -1.61. The van der Waals surface area contributed by atoms with Crippen LogP contribution in [-0.2, 0) is 13.1 Å². The van der Waals surface area contributed by atoms with Crippen molar-refractivity contribution in [2.24, 2.45) is 0 Å². The van der Waals surface area contributed by atoms with Gasteiger partial charge in [-0.05, 0) is 12.1 Å². The van der Waals surface area contributed by atoms with E-state index in [0.29, 0.717) is 23.8 Å². The first-order valence-corrected chi connectivity index (χ1v) is 9.77. The second-order valence-corrected chi connectivity index (χ2v) is 6.41. The first kappa shape index (κ1) is 32.6. The SMILES string of the molecule is COc1ccccc1CNCCNCCNCc1ccc(OC)c(OC)c1OC.Cl.Cl.Cl. The maximum Gasteiger partial charge on any atom is 0.203 e. The van der Waals surface area contributed by atoms with Crippen LogP contribution in [0.25, 0.3) is 0 Å². The average molecular weight is 513 g/mol. The number of benzene rings is 2. The van der Waals surface area contributed by atoms with Gasteiger partial charge in [0.2, 0.25) is 5.75 Å². The first-order valence-electron chi connectivity index (χ1n) is 9.77. The summed E-state index contributed by atoms with van der Waals surface area (Å²) in [5.41, 5.74) is 2.20. The number of rotatable bonds is 14. The van der Waals surface area contributed by atoms with Gasteiger partial charge in [0.1, 0.15) is 5.75 Å². The summed E-state index contributed by atoms with van der Waals surface area (Å²) >= 11 is 0. The van der Waals surface area contributed by atoms with Crippen molar-refractivity contribution in [1.82, 2.24) is 16.0 Å². The Morgan fingerprint density at radius 3 is 1.62 bits per heavy atom. The largest absolute Gasteiger partial charge is 0.496 e. The van der Waals surface area contributed by atoms with Gasteiger partial charge in [-0.2, -0.15) is 0 Å². The Bertz CT molecular complexity index is 754. The molecule has 7 nitrogen and oxygen atoms in total. The van der Waals surface area contributed by atoms with Gasteiger partial charge in [-0.25, -0.2) is 0 Å². The summed E-state index contributed by atoms with van der Waals surface area (Å²) in [6, 6.07) is 11.9. The fourth-order valence-electron chi connectivity index (χ4n) is 3.08. The van der Waals surface area contributed by atoms with E-state index in [1.54, 1.807) is 28.4 Å². The zero-order chi connectivity index (χ0) is 20.9. The Morgan fingerprint density at radius 1 is 0.531 bits per heavy atom. The van der Waals surface area contributed by atoms with Crippen LogP contribution in [0, 0.1) is 0 Å². The molecule has 184 valence electrons. The minimum Gasteiger partial charge on any atom is -0.496 e. The van der Waals surface area contributed by atoms with Gasteiger partial charge in [0.15, 0.2) is 11.5 Å². The summed E-state index contributed by atoms with van der Waals surface area (Å²) in [6.45, 7) is 5.01. The molecule has 0 heterocycles. The molecule has 0 unspecified atom stereocenters. The number of hydrogen-bond donors (Lipinski definition) is 3. The van der Waals surface area contributed by atoms with Gasteiger partial charge in [0, 0.05) is 50.4 Å². The topological polar surface area (TPSA) is 73.0 Å². The normalized spacial score (nSPS) is 9.62. The molecule has 10 heteroatoms. The summed E-state index contributed by atoms with van der Waals surface area (Å²) in [6.07, 6.45) is 0. The highest BCUT2D eigenvalue weighted by atomic mass is 35.5. The molecule has 0 aromatic heterocycles. The molecular weight excluding hydrogens is 477 g/mol. The van der Waals surface area contributed by atoms with E-state index in [4.69, 9.17) is 18.9 Å². The summed E-state index contributed by atoms with van der Waals surface area (Å²) in [4.78, 5) is 0. The number of ether oxygens (including phenoxy) is 4. The molecule has 0 atom stereocenters. The number of hydrogen-bond acceptors (Lipinski definition) is 7. The van der Waals surface area contributed by atoms with Crippen LogP contribution in [0.2, 0.25) is 0 Å². The van der Waals surface area contributed by atoms with Gasteiger partial charge >= 0.3 is 0 Å². The zero-order valence-electron chi connectivity index (χ0n) is 19.1. The van der Waals surface area contributed by atoms with Gasteiger partial charge in [-0.3, -0.25) is 0 Å². The van der Waals surface area contributed by atoms with Gasteiger partial charge < -0.3 is 34.9 Å². The Balaban J connectivity index is 0. The van der Waals surface area contributed by atoms with Crippen molar-refractivity contribution in [2.75, 3.05) is 54.6 Å². The Labute approximate surface area is 210 Å². The molecule has 0 aliphatic carbocycles. The third-order valence-corrected chi connectivity index (χ3v) is 4.57. The molecule has 0 radical (unpaired) electrons. The van der Waals surface area contributed by atoms with E-state index in [1.807, 2.05) is 30.3 Å². The van der Waals surface area contributed by atoms with E-state index in [-0.39, 0.29) is 37.2 Å². The third-order valence-electron chi connectivity index (χ3n) is 4.57. The smallest absolute Gasteiger partial charge is 0.203 e. The molecule has 0 fully saturated rings. The Kier molecular flexibility index (Phi) is 19.2. The second-order valence-electron chi connectivity index (χ2n) is 6.41. The zero-order valence-corrected chi connectivity index (χ0v) is 21.5. The molecule has 0 amide bonds. The van der Waals surface area contributed by atoms with Gasteiger partial charge in [0.25, 0.3) is 0 Å². The van der Waals surface area contributed by atoms with E-state index >= 15 is 0 Å². The van der Waals surface area contributed by atoms with Crippen LogP contribution in [0.4, 0.5) is 0 Å². The lowest BCUT2D eigenvalue weighted by Gasteiger charge is -2.16. The maximum absolute atomic E-state index is 5.51. The number of para-hydroxylation sites is 1. The highest BCUT2D eigenvalue weighted by Crippen LogP contribution is 2.39. The summed E-state index contributed by atoms with van der Waals surface area (Å²) < 4.78 is 21.6. The van der Waals surface area contributed by atoms with Crippen LogP contribution in [-0.4, -0.2) is 54.6 Å². The molecule has 0 aliphatic rings. The van der Waals surface area contributed by atoms with Crippen molar-refractivity contribution in [3.05, 3.63) is 47.5 Å². The second kappa shape index (κ2) is 18.9. The average Bonchev–Trinajstić information content (AvgIpc) is 2.77. The van der Waals surface area contributed by atoms with E-state index in [9.17, 15) is 0 Å². The summed E-state index contributed by atoms with van der Waals surface area (Å²) in [7, 11) is 6.57. The molecule has 2 rings (SSSR count). The van der Waals surface area contributed by atoms with Crippen molar-refractivity contribution in [1.29, 1.82) is 0 Å². The van der Waals surface area contributed by atoms with Crippen LogP contribution >= 0.6 is 37.2 Å². The van der Waals surface area contributed by atoms with E-state index < -0.39 is 0 Å². The molecule has 0 saturated carbocycles. The minimum absolute atomic E-state index is 0. The van der Waals surface area contributed by atoms with E-state index in [2.05, 4.69) is 22.0 Å². The molecule has 2 aromatic rings. The highest BCUT2D eigenvalue weighted by molar-refractivity contribution is 5.86. The first-order chi connectivity index (χ1) is 14.2. The predicted molar refractivity (Wildman–Crippen MR) is 137 cm³/mol. The standard InChI is InChI=1S/C22H33N3O4.3ClH/c1-26-19-8-6-5-7-17(19)15-24-13-11-23-12-14-25-16-18-9-10-20(27-2)22(29-4)21(18)28-3;;;/h5-10,23-25H,11-16H2,1-4H3;3*1H. The molecule has 32 heavy (non-hydrogen) atoms. The van der Waals surface area contributed by atoms with Crippen molar-refractivity contribution in [3.8, 4) is 23.0 Å². The van der Waals surface area contributed by atoms with Crippen LogP contribution < -0.4 is 34.9 Å². The predicted octanol–water partition coefficient (Wildman–Crippen LogP) is 3.46. The van der Waals surface area contributed by atoms with Crippen molar-refractivity contribution >= 4 is 37.2 Å².